The fraction of sp³-hybridized carbons (Fsp3) is 0. The van der Waals surface area contributed by atoms with Gasteiger partial charge in [0.15, 0.2) is 0 Å². The van der Waals surface area contributed by atoms with Gasteiger partial charge in [0.2, 0.25) is 0 Å². The van der Waals surface area contributed by atoms with Crippen molar-refractivity contribution >= 4 is 47.8 Å². The van der Waals surface area contributed by atoms with E-state index in [0.29, 0.717) is 0 Å². The molecule has 0 unspecified atom stereocenters. The molecule has 1 radical (unpaired) electrons. The van der Waals surface area contributed by atoms with E-state index in [1.54, 1.807) is 6.69 Å². The first-order chi connectivity index (χ1) is 2.41. The molecule has 0 N–H and O–H groups in total. The minimum atomic E-state index is 1.49. The molecule has 0 atom stereocenters. The van der Waals surface area contributed by atoms with E-state index in [9.17, 15) is 0 Å². The van der Waals surface area contributed by atoms with Crippen LogP contribution in [0.4, 0.5) is 0 Å². The summed E-state index contributed by atoms with van der Waals surface area (Å²) in [5.41, 5.74) is 0. The van der Waals surface area contributed by atoms with Gasteiger partial charge in [-0.25, -0.2) is 0 Å². The van der Waals surface area contributed by atoms with E-state index in [2.05, 4.69) is 22.4 Å². The van der Waals surface area contributed by atoms with E-state index in [0.717, 1.165) is 0 Å². The molecular formula is B4I. The average molecular weight is 170 g/mol. The molecule has 0 saturated carbocycles. The molecule has 0 nitrogen and oxygen atoms in total. The molecule has 0 aliphatic heterocycles. The van der Waals surface area contributed by atoms with Crippen molar-refractivity contribution in [2.75, 3.05) is 0 Å². The van der Waals surface area contributed by atoms with Crippen LogP contribution in [0.3, 0.4) is 0 Å². The number of halogens is 1. The molecule has 5 heteroatoms. The first kappa shape index (κ1) is 5.99. The summed E-state index contributed by atoms with van der Waals surface area (Å²) in [7, 11) is 4.92. The van der Waals surface area contributed by atoms with Gasteiger partial charge in [0.05, 0.1) is 0 Å². The normalized spacial score (nSPS) is 4.80. The van der Waals surface area contributed by atoms with Crippen molar-refractivity contribution in [2.45, 2.75) is 0 Å². The second-order valence-corrected chi connectivity index (χ2v) is 1.23. The molecule has 5 heavy (non-hydrogen) atoms. The first-order valence-corrected chi connectivity index (χ1v) is 2.46. The summed E-state index contributed by atoms with van der Waals surface area (Å²) in [6.45, 7) is 3.26. The number of hydrogen-bond acceptors (Lipinski definition) is 0. The molecule has 0 aromatic rings. The van der Waals surface area contributed by atoms with Crippen LogP contribution in [-0.4, -0.2) is 25.4 Å². The third-order valence-corrected chi connectivity index (χ3v) is 0.599. The summed E-state index contributed by atoms with van der Waals surface area (Å²) in [6.07, 6.45) is 0. The molecule has 0 fully saturated rings. The van der Waals surface area contributed by atoms with Crippen molar-refractivity contribution in [3.8, 4) is 0 Å². The summed E-state index contributed by atoms with van der Waals surface area (Å²) >= 11 is 2.10. The second-order valence-electron chi connectivity index (χ2n) is 0.511. The molecule has 0 rings (SSSR count). The zero-order valence-corrected chi connectivity index (χ0v) is 4.84. The molecule has 0 heterocycles. The fourth-order valence-electron chi connectivity index (χ4n) is 0.0420. The summed E-state index contributed by atoms with van der Waals surface area (Å²) in [4.78, 5) is 0. The van der Waals surface area contributed by atoms with Gasteiger partial charge in [-0.1, -0.05) is 0 Å². The second kappa shape index (κ2) is 4.99. The van der Waals surface area contributed by atoms with Gasteiger partial charge in [-0.15, -0.1) is 0 Å². The van der Waals surface area contributed by atoms with Gasteiger partial charge in [-0.3, -0.25) is 0 Å². The third-order valence-electron chi connectivity index (χ3n) is 0.184. The Balaban J connectivity index is 2.92. The van der Waals surface area contributed by atoms with Gasteiger partial charge in [0.1, 0.15) is 0 Å². The van der Waals surface area contributed by atoms with Crippen molar-refractivity contribution in [1.82, 2.24) is 0 Å². The van der Waals surface area contributed by atoms with Gasteiger partial charge in [-0.05, 0) is 0 Å². The summed E-state index contributed by atoms with van der Waals surface area (Å²) in [5, 5.41) is 0. The van der Waals surface area contributed by atoms with Crippen LogP contribution in [0.2, 0.25) is 0 Å². The molecule has 0 aromatic carbocycles. The Bertz CT molecular complexity index is 45.6. The van der Waals surface area contributed by atoms with Crippen LogP contribution in [-0.2, 0) is 0 Å². The van der Waals surface area contributed by atoms with E-state index in [4.69, 9.17) is 7.37 Å². The van der Waals surface area contributed by atoms with Gasteiger partial charge >= 0.3 is 47.8 Å². The molecule has 0 aromatic heterocycles. The standard InChI is InChI=1S/B4I/c1-2-3-4-5. The molecular weight excluding hydrogens is 170 g/mol. The molecule has 0 aliphatic carbocycles. The van der Waals surface area contributed by atoms with Gasteiger partial charge in [-0.2, -0.15) is 0 Å². The van der Waals surface area contributed by atoms with Crippen LogP contribution in [0, 0.1) is 0 Å². The van der Waals surface area contributed by atoms with E-state index in [1.807, 2.05) is 4.66 Å². The zero-order chi connectivity index (χ0) is 4.12. The van der Waals surface area contributed by atoms with E-state index in [-0.39, 0.29) is 0 Å². The van der Waals surface area contributed by atoms with Crippen LogP contribution in [0.1, 0.15) is 0 Å². The predicted octanol–water partition coefficient (Wildman–Crippen LogP) is -0.638. The fourth-order valence-corrected chi connectivity index (χ4v) is 0.282. The van der Waals surface area contributed by atoms with Crippen LogP contribution >= 0.6 is 22.4 Å². The number of hydrogen-bond donors (Lipinski definition) is 0. The Morgan fingerprint density at radius 3 is 2.20 bits per heavy atom. The Morgan fingerprint density at radius 1 is 1.60 bits per heavy atom. The van der Waals surface area contributed by atoms with E-state index < -0.39 is 0 Å². The Labute approximate surface area is 48.0 Å². The van der Waals surface area contributed by atoms with Crippen LogP contribution in [0.15, 0.2) is 0 Å². The molecule has 0 amide bonds. The average Bonchev–Trinajstić information content (AvgIpc) is 1.41. The minimum absolute atomic E-state index is 1.49. The van der Waals surface area contributed by atoms with Gasteiger partial charge in [0.25, 0.3) is 0 Å². The predicted molar refractivity (Wildman–Crippen MR) is 37.0 cm³/mol. The van der Waals surface area contributed by atoms with Crippen molar-refractivity contribution < 1.29 is 0 Å². The summed E-state index contributed by atoms with van der Waals surface area (Å²) < 4.78 is 1.84. The quantitative estimate of drug-likeness (QED) is 0.363. The monoisotopic (exact) mass is 171 g/mol. The van der Waals surface area contributed by atoms with Crippen LogP contribution in [0.5, 0.6) is 0 Å². The molecule has 0 spiro atoms. The van der Waals surface area contributed by atoms with Gasteiger partial charge < -0.3 is 0 Å². The van der Waals surface area contributed by atoms with Crippen LogP contribution in [0.25, 0.3) is 0 Å². The van der Waals surface area contributed by atoms with Crippen molar-refractivity contribution in [2.24, 2.45) is 0 Å². The Kier molecular flexibility index (Phi) is 5.98. The number of rotatable bonds is 1. The van der Waals surface area contributed by atoms with E-state index >= 15 is 0 Å². The molecule has 0 saturated heterocycles. The SMILES string of the molecule is [B]=BB=BI. The van der Waals surface area contributed by atoms with Crippen LogP contribution < -0.4 is 0 Å². The van der Waals surface area contributed by atoms with Crippen molar-refractivity contribution in [3.05, 3.63) is 0 Å². The van der Waals surface area contributed by atoms with Crippen molar-refractivity contribution in [1.29, 1.82) is 0 Å². The maximum atomic E-state index is 4.92. The maximum absolute atomic E-state index is 4.92. The molecule has 0 aliphatic rings. The topological polar surface area (TPSA) is 0 Å². The van der Waals surface area contributed by atoms with Gasteiger partial charge in [0, 0.05) is 0 Å². The molecule has 0 bridgehead atoms. The summed E-state index contributed by atoms with van der Waals surface area (Å²) in [6, 6.07) is 0. The Morgan fingerprint density at radius 2 is 2.20 bits per heavy atom. The first-order valence-electron chi connectivity index (χ1n) is 1.22. The zero-order valence-electron chi connectivity index (χ0n) is 2.69. The van der Waals surface area contributed by atoms with Crippen molar-refractivity contribution in [3.63, 3.8) is 0 Å². The molecule has 19 valence electrons. The Hall–Kier alpha value is 0.990. The van der Waals surface area contributed by atoms with E-state index in [1.165, 1.54) is 6.69 Å². The third kappa shape index (κ3) is 4.99. The summed E-state index contributed by atoms with van der Waals surface area (Å²) in [5.74, 6) is 0.